The lowest BCUT2D eigenvalue weighted by molar-refractivity contribution is -0.123. The van der Waals surface area contributed by atoms with Gasteiger partial charge >= 0.3 is 5.97 Å². The molecule has 1 saturated heterocycles. The molecule has 11 heteroatoms. The summed E-state index contributed by atoms with van der Waals surface area (Å²) in [5, 5.41) is 1.32. The summed E-state index contributed by atoms with van der Waals surface area (Å²) in [4.78, 5) is 59.2. The number of amides is 2. The second kappa shape index (κ2) is 11.4. The van der Waals surface area contributed by atoms with Gasteiger partial charge in [-0.25, -0.2) is 9.78 Å². The fourth-order valence-corrected chi connectivity index (χ4v) is 9.06. The van der Waals surface area contributed by atoms with E-state index < -0.39 is 12.6 Å². The summed E-state index contributed by atoms with van der Waals surface area (Å²) in [6, 6.07) is 19.9. The van der Waals surface area contributed by atoms with E-state index in [-0.39, 0.29) is 56.5 Å². The number of ketones is 1. The summed E-state index contributed by atoms with van der Waals surface area (Å²) >= 11 is 19.8. The molecule has 2 aliphatic carbocycles. The van der Waals surface area contributed by atoms with E-state index in [1.807, 2.05) is 0 Å². The van der Waals surface area contributed by atoms with Crippen molar-refractivity contribution < 1.29 is 23.9 Å². The third-order valence-electron chi connectivity index (χ3n) is 8.92. The third kappa shape index (κ3) is 4.80. The van der Waals surface area contributed by atoms with Crippen LogP contribution >= 0.6 is 55.1 Å². The number of nitrogens with zero attached hydrogens (tertiary/aromatic N) is 2. The summed E-state index contributed by atoms with van der Waals surface area (Å²) in [6.07, 6.45) is 0.863. The van der Waals surface area contributed by atoms with Crippen LogP contribution in [0.1, 0.15) is 27.1 Å². The molecule has 6 unspecified atom stereocenters. The molecule has 44 heavy (non-hydrogen) atoms. The van der Waals surface area contributed by atoms with Crippen LogP contribution in [-0.2, 0) is 14.3 Å². The zero-order chi connectivity index (χ0) is 30.9. The number of rotatable bonds is 6. The molecule has 7 nitrogen and oxygen atoms in total. The Morgan fingerprint density at radius 3 is 2.16 bits per heavy atom. The molecular formula is C33H22Br2Cl2N2O5. The Morgan fingerprint density at radius 2 is 1.52 bits per heavy atom. The van der Waals surface area contributed by atoms with Gasteiger partial charge in [0.05, 0.1) is 39.3 Å². The number of alkyl halides is 2. The third-order valence-corrected chi connectivity index (χ3v) is 12.7. The highest BCUT2D eigenvalue weighted by atomic mass is 79.9. The maximum Gasteiger partial charge on any atom is 0.339 e. The standard InChI is InChI=1S/C33H22Br2Cl2N2O5/c34-28-21-12-22(29(28)35)27-26(21)31(41)39(32(27)42)18-10-6-15(7-11-18)24-13-20(19-2-1-3-23(37)30(19)38-24)33(43)44-14-25(40)16-4-8-17(36)9-5-16/h1-11,13,21-22,26-29H,12,14H2. The number of anilines is 1. The lowest BCUT2D eigenvalue weighted by Crippen LogP contribution is -2.37. The van der Waals surface area contributed by atoms with Crippen LogP contribution in [0.5, 0.6) is 0 Å². The highest BCUT2D eigenvalue weighted by Crippen LogP contribution is 2.60. The van der Waals surface area contributed by atoms with Crippen LogP contribution < -0.4 is 4.90 Å². The Hall–Kier alpha value is -3.11. The number of hydrogen-bond acceptors (Lipinski definition) is 6. The van der Waals surface area contributed by atoms with Gasteiger partial charge in [0.1, 0.15) is 0 Å². The number of halogens is 4. The normalized spacial score (nSPS) is 25.5. The van der Waals surface area contributed by atoms with Gasteiger partial charge in [0.15, 0.2) is 12.4 Å². The maximum absolute atomic E-state index is 13.5. The zero-order valence-corrected chi connectivity index (χ0v) is 27.4. The van der Waals surface area contributed by atoms with E-state index in [9.17, 15) is 19.2 Å². The first-order chi connectivity index (χ1) is 21.1. The molecule has 3 aliphatic rings. The summed E-state index contributed by atoms with van der Waals surface area (Å²) in [5.41, 5.74) is 2.54. The number of fused-ring (bicyclic) bond motifs is 6. The first kappa shape index (κ1) is 29.6. The number of Topliss-reactive ketones (excluding diaryl/α,β-unsaturated/α-hetero) is 1. The number of ether oxygens (including phenoxy) is 1. The van der Waals surface area contributed by atoms with Crippen molar-refractivity contribution in [1.82, 2.24) is 4.98 Å². The van der Waals surface area contributed by atoms with Crippen molar-refractivity contribution in [2.24, 2.45) is 23.7 Å². The van der Waals surface area contributed by atoms with Crippen LogP contribution in [0.25, 0.3) is 22.2 Å². The van der Waals surface area contributed by atoms with Crippen molar-refractivity contribution in [2.45, 2.75) is 16.1 Å². The molecule has 0 spiro atoms. The number of esters is 1. The molecular weight excluding hydrogens is 735 g/mol. The van der Waals surface area contributed by atoms with Gasteiger partial charge in [-0.2, -0.15) is 0 Å². The first-order valence-corrected chi connectivity index (χ1v) is 16.5. The van der Waals surface area contributed by atoms with Gasteiger partial charge in [0.25, 0.3) is 0 Å². The molecule has 0 N–H and O–H groups in total. The number of aromatic nitrogens is 1. The lowest BCUT2D eigenvalue weighted by Gasteiger charge is -2.28. The molecule has 1 aliphatic heterocycles. The van der Waals surface area contributed by atoms with Crippen LogP contribution in [0.2, 0.25) is 10.0 Å². The number of benzene rings is 3. The monoisotopic (exact) mass is 754 g/mol. The Morgan fingerprint density at radius 1 is 0.886 bits per heavy atom. The molecule has 2 saturated carbocycles. The highest BCUT2D eigenvalue weighted by molar-refractivity contribution is 9.12. The fraction of sp³-hybridized carbons (Fsp3) is 0.242. The molecule has 2 amide bonds. The molecule has 6 atom stereocenters. The van der Waals surface area contributed by atoms with Gasteiger partial charge in [-0.3, -0.25) is 19.3 Å². The predicted molar refractivity (Wildman–Crippen MR) is 175 cm³/mol. The average Bonchev–Trinajstić information content (AvgIpc) is 3.64. The quantitative estimate of drug-likeness (QED) is 0.0875. The van der Waals surface area contributed by atoms with Crippen molar-refractivity contribution in [3.63, 3.8) is 0 Å². The van der Waals surface area contributed by atoms with Gasteiger partial charge in [-0.15, -0.1) is 0 Å². The Labute approximate surface area is 279 Å². The molecule has 222 valence electrons. The van der Waals surface area contributed by atoms with Crippen LogP contribution in [-0.4, -0.2) is 44.8 Å². The minimum Gasteiger partial charge on any atom is -0.454 e. The number of para-hydroxylation sites is 1. The van der Waals surface area contributed by atoms with Crippen LogP contribution in [0.4, 0.5) is 5.69 Å². The number of carbonyl (C=O) groups is 4. The maximum atomic E-state index is 13.5. The molecule has 3 aromatic carbocycles. The van der Waals surface area contributed by atoms with Gasteiger partial charge in [0, 0.05) is 31.2 Å². The smallest absolute Gasteiger partial charge is 0.339 e. The largest absolute Gasteiger partial charge is 0.454 e. The predicted octanol–water partition coefficient (Wildman–Crippen LogP) is 7.53. The van der Waals surface area contributed by atoms with Crippen molar-refractivity contribution in [3.8, 4) is 11.3 Å². The van der Waals surface area contributed by atoms with E-state index >= 15 is 0 Å². The van der Waals surface area contributed by atoms with E-state index in [2.05, 4.69) is 31.9 Å². The van der Waals surface area contributed by atoms with E-state index in [1.165, 1.54) is 4.90 Å². The molecule has 2 heterocycles. The first-order valence-electron chi connectivity index (χ1n) is 14.0. The molecule has 4 aromatic rings. The number of carbonyl (C=O) groups excluding carboxylic acids is 4. The number of pyridine rings is 1. The van der Waals surface area contributed by atoms with Crippen LogP contribution in [0, 0.1) is 23.7 Å². The minimum atomic E-state index is -0.704. The van der Waals surface area contributed by atoms with E-state index in [1.54, 1.807) is 72.8 Å². The van der Waals surface area contributed by atoms with Crippen molar-refractivity contribution in [3.05, 3.63) is 94.0 Å². The summed E-state index contributed by atoms with van der Waals surface area (Å²) in [7, 11) is 0. The van der Waals surface area contributed by atoms with Gasteiger partial charge in [-0.1, -0.05) is 79.3 Å². The fourth-order valence-electron chi connectivity index (χ4n) is 6.84. The molecule has 2 bridgehead atoms. The summed E-state index contributed by atoms with van der Waals surface area (Å²) in [6.45, 7) is -0.456. The van der Waals surface area contributed by atoms with E-state index in [0.717, 1.165) is 6.42 Å². The summed E-state index contributed by atoms with van der Waals surface area (Å²) < 4.78 is 5.42. The molecule has 1 aromatic heterocycles. The van der Waals surface area contributed by atoms with Crippen molar-refractivity contribution >= 4 is 95.2 Å². The van der Waals surface area contributed by atoms with Gasteiger partial charge in [0.2, 0.25) is 11.8 Å². The Kier molecular flexibility index (Phi) is 7.64. The van der Waals surface area contributed by atoms with Crippen molar-refractivity contribution in [1.29, 1.82) is 0 Å². The van der Waals surface area contributed by atoms with Gasteiger partial charge in [-0.05, 0) is 66.8 Å². The Balaban J connectivity index is 1.16. The topological polar surface area (TPSA) is 93.6 Å². The molecule has 3 fully saturated rings. The van der Waals surface area contributed by atoms with Crippen LogP contribution in [0.15, 0.2) is 72.8 Å². The zero-order valence-electron chi connectivity index (χ0n) is 22.8. The Bertz CT molecular complexity index is 1840. The SMILES string of the molecule is O=C(COC(=O)c1cc(-c2ccc(N3C(=O)C4C5CC(C(Br)C5Br)C4C3=O)cc2)nc2c(Cl)cccc12)c1ccc(Cl)cc1. The number of hydrogen-bond donors (Lipinski definition) is 0. The van der Waals surface area contributed by atoms with E-state index in [4.69, 9.17) is 32.9 Å². The van der Waals surface area contributed by atoms with E-state index in [0.29, 0.717) is 43.5 Å². The minimum absolute atomic E-state index is 0.126. The van der Waals surface area contributed by atoms with Gasteiger partial charge < -0.3 is 4.74 Å². The molecule has 0 radical (unpaired) electrons. The van der Waals surface area contributed by atoms with Crippen LogP contribution in [0.3, 0.4) is 0 Å². The van der Waals surface area contributed by atoms with Crippen molar-refractivity contribution in [2.75, 3.05) is 11.5 Å². The number of imide groups is 1. The second-order valence-electron chi connectivity index (χ2n) is 11.3. The lowest BCUT2D eigenvalue weighted by atomic mass is 9.81. The highest BCUT2D eigenvalue weighted by Gasteiger charge is 2.66. The second-order valence-corrected chi connectivity index (χ2v) is 14.2. The summed E-state index contributed by atoms with van der Waals surface area (Å²) in [5.74, 6) is -1.75. The average molecular weight is 757 g/mol. The molecule has 7 rings (SSSR count).